The minimum absolute atomic E-state index is 0.164. The largest absolute Gasteiger partial charge is 0.497 e. The van der Waals surface area contributed by atoms with Crippen molar-refractivity contribution in [3.05, 3.63) is 30.2 Å². The number of hydrogen-bond donors (Lipinski definition) is 1. The van der Waals surface area contributed by atoms with Gasteiger partial charge in [0.2, 0.25) is 11.7 Å². The quantitative estimate of drug-likeness (QED) is 0.885. The molecule has 0 aliphatic rings. The van der Waals surface area contributed by atoms with Gasteiger partial charge in [0.1, 0.15) is 12.3 Å². The Balaban J connectivity index is 2.03. The predicted molar refractivity (Wildman–Crippen MR) is 81.4 cm³/mol. The van der Waals surface area contributed by atoms with E-state index < -0.39 is 0 Å². The molecule has 2 aromatic rings. The van der Waals surface area contributed by atoms with Crippen LogP contribution in [0.4, 0.5) is 4.79 Å². The van der Waals surface area contributed by atoms with Crippen LogP contribution in [-0.2, 0) is 6.54 Å². The Hall–Kier alpha value is -2.57. The van der Waals surface area contributed by atoms with E-state index in [9.17, 15) is 4.79 Å². The number of benzene rings is 1. The molecule has 1 aromatic carbocycles. The molecule has 0 spiro atoms. The lowest BCUT2D eigenvalue weighted by atomic mass is 10.2. The predicted octanol–water partition coefficient (Wildman–Crippen LogP) is 2.30. The highest BCUT2D eigenvalue weighted by Gasteiger charge is 2.14. The normalized spacial score (nSPS) is 10.3. The van der Waals surface area contributed by atoms with E-state index in [1.54, 1.807) is 14.2 Å². The average molecular weight is 304 g/mol. The first-order valence-corrected chi connectivity index (χ1v) is 7.10. The topological polar surface area (TPSA) is 80.5 Å². The lowest BCUT2D eigenvalue weighted by Crippen LogP contribution is -2.37. The third kappa shape index (κ3) is 3.97. The average Bonchev–Trinajstić information content (AvgIpc) is 3.01. The van der Waals surface area contributed by atoms with Gasteiger partial charge in [-0.25, -0.2) is 4.79 Å². The Kier molecular flexibility index (Phi) is 5.35. The summed E-state index contributed by atoms with van der Waals surface area (Å²) in [4.78, 5) is 17.6. The molecule has 0 fully saturated rings. The molecule has 1 aromatic heterocycles. The molecule has 0 aliphatic carbocycles. The van der Waals surface area contributed by atoms with Gasteiger partial charge in [-0.1, -0.05) is 24.2 Å². The smallest absolute Gasteiger partial charge is 0.317 e. The van der Waals surface area contributed by atoms with Crippen molar-refractivity contribution in [2.45, 2.75) is 19.9 Å². The van der Waals surface area contributed by atoms with E-state index in [1.807, 2.05) is 31.2 Å². The maximum atomic E-state index is 11.8. The number of rotatable bonds is 6. The van der Waals surface area contributed by atoms with E-state index in [4.69, 9.17) is 9.26 Å². The Morgan fingerprint density at radius 1 is 1.45 bits per heavy atom. The van der Waals surface area contributed by atoms with E-state index in [-0.39, 0.29) is 12.6 Å². The summed E-state index contributed by atoms with van der Waals surface area (Å²) in [5.74, 6) is 1.57. The third-order valence-electron chi connectivity index (χ3n) is 3.04. The van der Waals surface area contributed by atoms with E-state index in [1.165, 1.54) is 4.90 Å². The van der Waals surface area contributed by atoms with E-state index in [0.29, 0.717) is 18.3 Å². The molecule has 0 bridgehead atoms. The van der Waals surface area contributed by atoms with Gasteiger partial charge in [-0.15, -0.1) is 0 Å². The SMILES string of the molecule is CCCNC(=O)N(C)Cc1nc(-c2cccc(OC)c2)no1. The molecule has 0 aliphatic heterocycles. The van der Waals surface area contributed by atoms with Crippen LogP contribution < -0.4 is 10.1 Å². The minimum Gasteiger partial charge on any atom is -0.497 e. The summed E-state index contributed by atoms with van der Waals surface area (Å²) in [7, 11) is 3.28. The van der Waals surface area contributed by atoms with Gasteiger partial charge in [-0.3, -0.25) is 0 Å². The monoisotopic (exact) mass is 304 g/mol. The first kappa shape index (κ1) is 15.8. The van der Waals surface area contributed by atoms with Gasteiger partial charge in [0.25, 0.3) is 0 Å². The highest BCUT2D eigenvalue weighted by Crippen LogP contribution is 2.21. The van der Waals surface area contributed by atoms with Gasteiger partial charge < -0.3 is 19.5 Å². The molecule has 118 valence electrons. The van der Waals surface area contributed by atoms with Gasteiger partial charge >= 0.3 is 6.03 Å². The number of carbonyl (C=O) groups is 1. The molecule has 0 saturated heterocycles. The van der Waals surface area contributed by atoms with E-state index in [2.05, 4.69) is 15.5 Å². The van der Waals surface area contributed by atoms with Crippen molar-refractivity contribution >= 4 is 6.03 Å². The summed E-state index contributed by atoms with van der Waals surface area (Å²) in [5, 5.41) is 6.72. The van der Waals surface area contributed by atoms with Crippen molar-refractivity contribution in [2.75, 3.05) is 20.7 Å². The second-order valence-electron chi connectivity index (χ2n) is 4.83. The fourth-order valence-electron chi connectivity index (χ4n) is 1.84. The molecular weight excluding hydrogens is 284 g/mol. The number of carbonyl (C=O) groups excluding carboxylic acids is 1. The number of nitrogens with one attached hydrogen (secondary N) is 1. The molecule has 1 heterocycles. The number of urea groups is 1. The van der Waals surface area contributed by atoms with Crippen molar-refractivity contribution in [1.82, 2.24) is 20.4 Å². The first-order chi connectivity index (χ1) is 10.6. The standard InChI is InChI=1S/C15H20N4O3/c1-4-8-16-15(20)19(2)10-13-17-14(18-22-13)11-6-5-7-12(9-11)21-3/h5-7,9H,4,8,10H2,1-3H3,(H,16,20). The molecule has 22 heavy (non-hydrogen) atoms. The Morgan fingerprint density at radius 2 is 2.27 bits per heavy atom. The maximum Gasteiger partial charge on any atom is 0.317 e. The molecule has 2 rings (SSSR count). The fraction of sp³-hybridized carbons (Fsp3) is 0.400. The van der Waals surface area contributed by atoms with Crippen molar-refractivity contribution in [2.24, 2.45) is 0 Å². The molecule has 0 atom stereocenters. The minimum atomic E-state index is -0.164. The number of amides is 2. The number of methoxy groups -OCH3 is 1. The molecule has 0 unspecified atom stereocenters. The van der Waals surface area contributed by atoms with Crippen LogP contribution in [0.25, 0.3) is 11.4 Å². The van der Waals surface area contributed by atoms with Gasteiger partial charge in [0.15, 0.2) is 0 Å². The molecular formula is C15H20N4O3. The van der Waals surface area contributed by atoms with Crippen LogP contribution >= 0.6 is 0 Å². The van der Waals surface area contributed by atoms with Gasteiger partial charge in [-0.05, 0) is 18.6 Å². The van der Waals surface area contributed by atoms with Crippen molar-refractivity contribution in [3.63, 3.8) is 0 Å². The Labute approximate surface area is 129 Å². The van der Waals surface area contributed by atoms with E-state index in [0.717, 1.165) is 17.7 Å². The van der Waals surface area contributed by atoms with Crippen LogP contribution in [-0.4, -0.2) is 41.8 Å². The van der Waals surface area contributed by atoms with Crippen LogP contribution in [0, 0.1) is 0 Å². The summed E-state index contributed by atoms with van der Waals surface area (Å²) in [5.41, 5.74) is 0.799. The van der Waals surface area contributed by atoms with E-state index >= 15 is 0 Å². The van der Waals surface area contributed by atoms with Gasteiger partial charge in [-0.2, -0.15) is 4.98 Å². The Bertz CT molecular complexity index is 627. The van der Waals surface area contributed by atoms with Crippen molar-refractivity contribution in [3.8, 4) is 17.1 Å². The molecule has 2 amide bonds. The Morgan fingerprint density at radius 3 is 3.00 bits per heavy atom. The van der Waals surface area contributed by atoms with Crippen molar-refractivity contribution < 1.29 is 14.1 Å². The van der Waals surface area contributed by atoms with Crippen LogP contribution in [0.3, 0.4) is 0 Å². The number of aromatic nitrogens is 2. The molecule has 7 nitrogen and oxygen atoms in total. The number of ether oxygens (including phenoxy) is 1. The fourth-order valence-corrected chi connectivity index (χ4v) is 1.84. The lowest BCUT2D eigenvalue weighted by Gasteiger charge is -2.15. The van der Waals surface area contributed by atoms with Crippen LogP contribution in [0.5, 0.6) is 5.75 Å². The summed E-state index contributed by atoms with van der Waals surface area (Å²) >= 11 is 0. The van der Waals surface area contributed by atoms with Gasteiger partial charge in [0, 0.05) is 19.2 Å². The molecule has 0 saturated carbocycles. The molecule has 7 heteroatoms. The van der Waals surface area contributed by atoms with Crippen LogP contribution in [0.15, 0.2) is 28.8 Å². The molecule has 0 radical (unpaired) electrons. The zero-order valence-corrected chi connectivity index (χ0v) is 13.0. The van der Waals surface area contributed by atoms with Crippen LogP contribution in [0.1, 0.15) is 19.2 Å². The van der Waals surface area contributed by atoms with Crippen molar-refractivity contribution in [1.29, 1.82) is 0 Å². The maximum absolute atomic E-state index is 11.8. The number of nitrogens with zero attached hydrogens (tertiary/aromatic N) is 3. The second-order valence-corrected chi connectivity index (χ2v) is 4.83. The summed E-state index contributed by atoms with van der Waals surface area (Å²) in [6.07, 6.45) is 0.889. The molecule has 1 N–H and O–H groups in total. The number of hydrogen-bond acceptors (Lipinski definition) is 5. The first-order valence-electron chi connectivity index (χ1n) is 7.10. The van der Waals surface area contributed by atoms with Crippen LogP contribution in [0.2, 0.25) is 0 Å². The lowest BCUT2D eigenvalue weighted by molar-refractivity contribution is 0.199. The highest BCUT2D eigenvalue weighted by atomic mass is 16.5. The van der Waals surface area contributed by atoms with Gasteiger partial charge in [0.05, 0.1) is 7.11 Å². The second kappa shape index (κ2) is 7.44. The zero-order valence-electron chi connectivity index (χ0n) is 13.0. The summed E-state index contributed by atoms with van der Waals surface area (Å²) in [6.45, 7) is 2.90. The third-order valence-corrected chi connectivity index (χ3v) is 3.04. The highest BCUT2D eigenvalue weighted by molar-refractivity contribution is 5.73. The summed E-state index contributed by atoms with van der Waals surface area (Å²) < 4.78 is 10.4. The summed E-state index contributed by atoms with van der Waals surface area (Å²) in [6, 6.07) is 7.23. The zero-order chi connectivity index (χ0) is 15.9.